The van der Waals surface area contributed by atoms with Gasteiger partial charge in [-0.25, -0.2) is 0 Å². The highest BCUT2D eigenvalue weighted by Gasteiger charge is 2.44. The van der Waals surface area contributed by atoms with Crippen LogP contribution < -0.4 is 9.47 Å². The molecule has 1 fully saturated rings. The highest BCUT2D eigenvalue weighted by Crippen LogP contribution is 2.38. The van der Waals surface area contributed by atoms with Gasteiger partial charge in [0.05, 0.1) is 26.4 Å². The summed E-state index contributed by atoms with van der Waals surface area (Å²) < 4.78 is 10.7. The summed E-state index contributed by atoms with van der Waals surface area (Å²) in [6.07, 6.45) is 4.87. The Hall–Kier alpha value is -2.54. The van der Waals surface area contributed by atoms with E-state index < -0.39 is 0 Å². The molecule has 0 unspecified atom stereocenters. The standard InChI is InChI=1S/C21H28N2O5/c1-22(11-12-24)19-18(14-9-10-16(27-2)17(13-14)28-3)20(25)23(21(19)26)15-7-5-4-6-8-15/h9-10,13,15,24H,4-8,11-12H2,1-3H3. The maximum Gasteiger partial charge on any atom is 0.278 e. The molecule has 1 heterocycles. The number of aliphatic hydroxyl groups excluding tert-OH is 1. The maximum absolute atomic E-state index is 13.4. The van der Waals surface area contributed by atoms with E-state index in [9.17, 15) is 14.7 Å². The summed E-state index contributed by atoms with van der Waals surface area (Å²) in [7, 11) is 4.80. The van der Waals surface area contributed by atoms with Crippen LogP contribution in [0, 0.1) is 0 Å². The molecule has 1 aliphatic carbocycles. The summed E-state index contributed by atoms with van der Waals surface area (Å²) in [5.41, 5.74) is 1.29. The van der Waals surface area contributed by atoms with Gasteiger partial charge in [-0.1, -0.05) is 25.3 Å². The number of benzene rings is 1. The molecule has 0 spiro atoms. The first-order valence-corrected chi connectivity index (χ1v) is 9.70. The lowest BCUT2D eigenvalue weighted by atomic mass is 9.94. The number of aliphatic hydroxyl groups is 1. The molecule has 0 atom stereocenters. The molecule has 2 amide bonds. The molecule has 7 nitrogen and oxygen atoms in total. The third kappa shape index (κ3) is 3.58. The molecule has 0 radical (unpaired) electrons. The van der Waals surface area contributed by atoms with Gasteiger partial charge in [-0.2, -0.15) is 0 Å². The highest BCUT2D eigenvalue weighted by molar-refractivity contribution is 6.35. The molecule has 0 bridgehead atoms. The van der Waals surface area contributed by atoms with Crippen molar-refractivity contribution < 1.29 is 24.2 Å². The number of methoxy groups -OCH3 is 2. The van der Waals surface area contributed by atoms with Crippen LogP contribution in [-0.2, 0) is 9.59 Å². The number of hydrogen-bond acceptors (Lipinski definition) is 6. The van der Waals surface area contributed by atoms with E-state index in [0.29, 0.717) is 28.3 Å². The number of rotatable bonds is 7. The fraction of sp³-hybridized carbons (Fsp3) is 0.524. The van der Waals surface area contributed by atoms with Gasteiger partial charge in [-0.3, -0.25) is 14.5 Å². The lowest BCUT2D eigenvalue weighted by Crippen LogP contribution is -2.43. The summed E-state index contributed by atoms with van der Waals surface area (Å²) in [6.45, 7) is 0.160. The van der Waals surface area contributed by atoms with Crippen molar-refractivity contribution >= 4 is 17.4 Å². The Labute approximate surface area is 165 Å². The number of likely N-dealkylation sites (N-methyl/N-ethyl adjacent to an activating group) is 1. The van der Waals surface area contributed by atoms with Gasteiger partial charge in [0.15, 0.2) is 11.5 Å². The second-order valence-corrected chi connectivity index (χ2v) is 7.21. The Balaban J connectivity index is 2.07. The Morgan fingerprint density at radius 2 is 1.75 bits per heavy atom. The van der Waals surface area contributed by atoms with Crippen LogP contribution in [-0.4, -0.2) is 67.2 Å². The Bertz CT molecular complexity index is 783. The third-order valence-corrected chi connectivity index (χ3v) is 5.52. The van der Waals surface area contributed by atoms with E-state index in [0.717, 1.165) is 32.1 Å². The van der Waals surface area contributed by atoms with Crippen LogP contribution >= 0.6 is 0 Å². The summed E-state index contributed by atoms with van der Waals surface area (Å²) >= 11 is 0. The van der Waals surface area contributed by atoms with Crippen molar-refractivity contribution in [1.82, 2.24) is 9.80 Å². The largest absolute Gasteiger partial charge is 0.493 e. The van der Waals surface area contributed by atoms with E-state index in [1.165, 1.54) is 12.0 Å². The first-order valence-electron chi connectivity index (χ1n) is 9.70. The number of imide groups is 1. The fourth-order valence-electron chi connectivity index (χ4n) is 4.07. The van der Waals surface area contributed by atoms with Gasteiger partial charge in [0.2, 0.25) is 0 Å². The molecule has 1 aromatic carbocycles. The van der Waals surface area contributed by atoms with Gasteiger partial charge in [0, 0.05) is 19.6 Å². The summed E-state index contributed by atoms with van der Waals surface area (Å²) in [4.78, 5) is 29.7. The van der Waals surface area contributed by atoms with E-state index in [1.54, 1.807) is 37.3 Å². The van der Waals surface area contributed by atoms with Crippen LogP contribution in [0.5, 0.6) is 11.5 Å². The minimum atomic E-state index is -0.280. The number of hydrogen-bond donors (Lipinski definition) is 1. The highest BCUT2D eigenvalue weighted by atomic mass is 16.5. The molecule has 3 rings (SSSR count). The molecule has 2 aliphatic rings. The average Bonchev–Trinajstić information content (AvgIpc) is 2.98. The normalized spacial score (nSPS) is 18.1. The zero-order chi connectivity index (χ0) is 20.3. The zero-order valence-electron chi connectivity index (χ0n) is 16.7. The van der Waals surface area contributed by atoms with E-state index in [4.69, 9.17) is 9.47 Å². The van der Waals surface area contributed by atoms with Gasteiger partial charge in [-0.15, -0.1) is 0 Å². The number of carbonyl (C=O) groups excluding carboxylic acids is 2. The Morgan fingerprint density at radius 1 is 1.07 bits per heavy atom. The number of nitrogens with zero attached hydrogens (tertiary/aromatic N) is 2. The predicted octanol–water partition coefficient (Wildman–Crippen LogP) is 2.04. The lowest BCUT2D eigenvalue weighted by Gasteiger charge is -2.30. The quantitative estimate of drug-likeness (QED) is 0.720. The Morgan fingerprint density at radius 3 is 2.36 bits per heavy atom. The van der Waals surface area contributed by atoms with Crippen molar-refractivity contribution in [3.05, 3.63) is 29.5 Å². The van der Waals surface area contributed by atoms with Gasteiger partial charge >= 0.3 is 0 Å². The van der Waals surface area contributed by atoms with Crippen molar-refractivity contribution in [2.24, 2.45) is 0 Å². The van der Waals surface area contributed by atoms with Crippen molar-refractivity contribution in [1.29, 1.82) is 0 Å². The first-order chi connectivity index (χ1) is 13.5. The molecule has 1 saturated carbocycles. The van der Waals surface area contributed by atoms with Crippen molar-refractivity contribution in [2.75, 3.05) is 34.4 Å². The van der Waals surface area contributed by atoms with E-state index in [2.05, 4.69) is 0 Å². The topological polar surface area (TPSA) is 79.3 Å². The SMILES string of the molecule is COc1ccc(C2=C(N(C)CCO)C(=O)N(C3CCCCC3)C2=O)cc1OC. The molecule has 0 aromatic heterocycles. The van der Waals surface area contributed by atoms with Crippen LogP contribution in [0.15, 0.2) is 23.9 Å². The molecular formula is C21H28N2O5. The molecule has 28 heavy (non-hydrogen) atoms. The second-order valence-electron chi connectivity index (χ2n) is 7.21. The smallest absolute Gasteiger partial charge is 0.278 e. The van der Waals surface area contributed by atoms with Crippen LogP contribution in [0.25, 0.3) is 5.57 Å². The average molecular weight is 388 g/mol. The second kappa shape index (κ2) is 8.65. The fourth-order valence-corrected chi connectivity index (χ4v) is 4.07. The van der Waals surface area contributed by atoms with Crippen molar-refractivity contribution in [3.63, 3.8) is 0 Å². The molecule has 0 saturated heterocycles. The van der Waals surface area contributed by atoms with Gasteiger partial charge in [0.25, 0.3) is 11.8 Å². The molecule has 1 N–H and O–H groups in total. The number of amides is 2. The monoisotopic (exact) mass is 388 g/mol. The predicted molar refractivity (Wildman–Crippen MR) is 105 cm³/mol. The van der Waals surface area contributed by atoms with E-state index in [1.807, 2.05) is 0 Å². The molecule has 152 valence electrons. The third-order valence-electron chi connectivity index (χ3n) is 5.52. The minimum Gasteiger partial charge on any atom is -0.493 e. The van der Waals surface area contributed by atoms with Gasteiger partial charge < -0.3 is 19.5 Å². The summed E-state index contributed by atoms with van der Waals surface area (Å²) in [5.74, 6) is 0.493. The van der Waals surface area contributed by atoms with Crippen LogP contribution in [0.4, 0.5) is 0 Å². The molecular weight excluding hydrogens is 360 g/mol. The van der Waals surface area contributed by atoms with E-state index >= 15 is 0 Å². The van der Waals surface area contributed by atoms with Crippen LogP contribution in [0.2, 0.25) is 0 Å². The number of carbonyl (C=O) groups is 2. The van der Waals surface area contributed by atoms with Crippen LogP contribution in [0.1, 0.15) is 37.7 Å². The molecule has 1 aliphatic heterocycles. The van der Waals surface area contributed by atoms with Crippen LogP contribution in [0.3, 0.4) is 0 Å². The van der Waals surface area contributed by atoms with Gasteiger partial charge in [0.1, 0.15) is 5.70 Å². The lowest BCUT2D eigenvalue weighted by molar-refractivity contribution is -0.140. The van der Waals surface area contributed by atoms with Crippen molar-refractivity contribution in [3.8, 4) is 11.5 Å². The molecule has 7 heteroatoms. The minimum absolute atomic E-state index is 0.0658. The summed E-state index contributed by atoms with van der Waals surface area (Å²) in [6, 6.07) is 5.14. The zero-order valence-corrected chi connectivity index (χ0v) is 16.7. The van der Waals surface area contributed by atoms with E-state index in [-0.39, 0.29) is 31.0 Å². The van der Waals surface area contributed by atoms with Gasteiger partial charge in [-0.05, 0) is 30.5 Å². The Kier molecular flexibility index (Phi) is 6.24. The molecule has 1 aromatic rings. The summed E-state index contributed by atoms with van der Waals surface area (Å²) in [5, 5.41) is 9.36. The number of ether oxygens (including phenoxy) is 2. The van der Waals surface area contributed by atoms with Crippen molar-refractivity contribution in [2.45, 2.75) is 38.1 Å². The maximum atomic E-state index is 13.4. The first kappa shape index (κ1) is 20.2.